The average molecular weight is 524 g/mol. The summed E-state index contributed by atoms with van der Waals surface area (Å²) in [6.07, 6.45) is 3.77. The fourth-order valence-electron chi connectivity index (χ4n) is 5.15. The molecular formula is C30H25N3O4S. The normalized spacial score (nSPS) is 15.6. The Hall–Kier alpha value is -4.43. The Morgan fingerprint density at radius 3 is 2.66 bits per heavy atom. The molecular weight excluding hydrogens is 498 g/mol. The third-order valence-electron chi connectivity index (χ3n) is 6.85. The number of nitrogens with one attached hydrogen (secondary N) is 1. The van der Waals surface area contributed by atoms with Gasteiger partial charge in [0.05, 0.1) is 29.5 Å². The summed E-state index contributed by atoms with van der Waals surface area (Å²) in [6, 6.07) is 18.9. The first-order chi connectivity index (χ1) is 18.5. The number of carbonyl (C=O) groups is 1. The van der Waals surface area contributed by atoms with Crippen LogP contribution in [-0.4, -0.2) is 29.2 Å². The minimum Gasteiger partial charge on any atom is -0.496 e. The lowest BCUT2D eigenvalue weighted by Crippen LogP contribution is -2.40. The topological polar surface area (TPSA) is 85.7 Å². The van der Waals surface area contributed by atoms with E-state index in [0.717, 1.165) is 32.8 Å². The van der Waals surface area contributed by atoms with Gasteiger partial charge < -0.3 is 14.5 Å². The average Bonchev–Trinajstić information content (AvgIpc) is 3.47. The van der Waals surface area contributed by atoms with Gasteiger partial charge in [-0.25, -0.2) is 9.79 Å². The molecule has 0 aliphatic carbocycles. The number of aromatic nitrogens is 2. The van der Waals surface area contributed by atoms with Gasteiger partial charge in [0.1, 0.15) is 11.8 Å². The van der Waals surface area contributed by atoms with Crippen molar-refractivity contribution >= 4 is 45.1 Å². The molecule has 1 aliphatic heterocycles. The Morgan fingerprint density at radius 2 is 1.87 bits per heavy atom. The van der Waals surface area contributed by atoms with Crippen LogP contribution in [0.25, 0.3) is 27.8 Å². The SMILES string of the molecule is CCOC(=O)C1=C(C)N=c2s/c(=C/c3c[nH]c4ccccc34)c(=O)n2[C@H]1c1c(OC)ccc2ccccc12. The molecule has 1 N–H and O–H groups in total. The van der Waals surface area contributed by atoms with E-state index in [9.17, 15) is 9.59 Å². The highest BCUT2D eigenvalue weighted by Gasteiger charge is 2.36. The molecule has 0 radical (unpaired) electrons. The summed E-state index contributed by atoms with van der Waals surface area (Å²) in [5, 5.41) is 2.88. The van der Waals surface area contributed by atoms with Gasteiger partial charge in [0.25, 0.3) is 5.56 Å². The van der Waals surface area contributed by atoms with Gasteiger partial charge >= 0.3 is 5.97 Å². The second-order valence-electron chi connectivity index (χ2n) is 8.99. The number of benzene rings is 3. The second kappa shape index (κ2) is 9.46. The van der Waals surface area contributed by atoms with E-state index in [1.54, 1.807) is 25.5 Å². The van der Waals surface area contributed by atoms with Crippen LogP contribution >= 0.6 is 11.3 Å². The zero-order valence-corrected chi connectivity index (χ0v) is 22.0. The van der Waals surface area contributed by atoms with E-state index in [-0.39, 0.29) is 12.2 Å². The van der Waals surface area contributed by atoms with Crippen molar-refractivity contribution in [1.29, 1.82) is 0 Å². The van der Waals surface area contributed by atoms with Crippen molar-refractivity contribution in [2.45, 2.75) is 19.9 Å². The molecule has 1 aliphatic rings. The van der Waals surface area contributed by atoms with Gasteiger partial charge in [-0.3, -0.25) is 9.36 Å². The summed E-state index contributed by atoms with van der Waals surface area (Å²) in [5.41, 5.74) is 3.24. The van der Waals surface area contributed by atoms with Crippen LogP contribution in [0, 0.1) is 0 Å². The first kappa shape index (κ1) is 23.9. The van der Waals surface area contributed by atoms with Crippen molar-refractivity contribution in [3.8, 4) is 5.75 Å². The number of esters is 1. The van der Waals surface area contributed by atoms with Crippen molar-refractivity contribution < 1.29 is 14.3 Å². The largest absolute Gasteiger partial charge is 0.496 e. The zero-order valence-electron chi connectivity index (χ0n) is 21.1. The third kappa shape index (κ3) is 3.76. The van der Waals surface area contributed by atoms with Crippen molar-refractivity contribution in [1.82, 2.24) is 9.55 Å². The lowest BCUT2D eigenvalue weighted by atomic mass is 9.90. The number of allylic oxidation sites excluding steroid dienone is 1. The maximum Gasteiger partial charge on any atom is 0.338 e. The van der Waals surface area contributed by atoms with E-state index in [1.807, 2.05) is 72.9 Å². The third-order valence-corrected chi connectivity index (χ3v) is 7.83. The van der Waals surface area contributed by atoms with Gasteiger partial charge in [-0.1, -0.05) is 59.9 Å². The summed E-state index contributed by atoms with van der Waals surface area (Å²) < 4.78 is 13.4. The number of aromatic amines is 1. The fourth-order valence-corrected chi connectivity index (χ4v) is 6.19. The number of methoxy groups -OCH3 is 1. The maximum absolute atomic E-state index is 14.1. The highest BCUT2D eigenvalue weighted by atomic mass is 32.1. The molecule has 7 nitrogen and oxygen atoms in total. The van der Waals surface area contributed by atoms with Crippen LogP contribution < -0.4 is 19.6 Å². The minimum absolute atomic E-state index is 0.208. The Bertz CT molecular complexity index is 1940. The Morgan fingerprint density at radius 1 is 1.11 bits per heavy atom. The molecule has 0 unspecified atom stereocenters. The highest BCUT2D eigenvalue weighted by molar-refractivity contribution is 7.07. The number of hydrogen-bond acceptors (Lipinski definition) is 6. The van der Waals surface area contributed by atoms with E-state index in [4.69, 9.17) is 14.5 Å². The van der Waals surface area contributed by atoms with E-state index in [1.165, 1.54) is 11.3 Å². The molecule has 1 atom stereocenters. The maximum atomic E-state index is 14.1. The lowest BCUT2D eigenvalue weighted by molar-refractivity contribution is -0.139. The molecule has 0 spiro atoms. The number of ether oxygens (including phenoxy) is 2. The van der Waals surface area contributed by atoms with Crippen LogP contribution in [0.2, 0.25) is 0 Å². The van der Waals surface area contributed by atoms with E-state index >= 15 is 0 Å². The Labute approximate surface area is 222 Å². The van der Waals surface area contributed by atoms with Crippen LogP contribution in [-0.2, 0) is 9.53 Å². The predicted octanol–water partition coefficient (Wildman–Crippen LogP) is 4.44. The summed E-state index contributed by atoms with van der Waals surface area (Å²) in [7, 11) is 1.59. The molecule has 8 heteroatoms. The first-order valence-electron chi connectivity index (χ1n) is 12.3. The molecule has 0 fully saturated rings. The summed E-state index contributed by atoms with van der Waals surface area (Å²) >= 11 is 1.30. The van der Waals surface area contributed by atoms with Gasteiger partial charge in [-0.15, -0.1) is 0 Å². The number of nitrogens with zero attached hydrogens (tertiary/aromatic N) is 2. The monoisotopic (exact) mass is 523 g/mol. The quantitative estimate of drug-likeness (QED) is 0.345. The lowest BCUT2D eigenvalue weighted by Gasteiger charge is -2.27. The van der Waals surface area contributed by atoms with Gasteiger partial charge in [0.2, 0.25) is 0 Å². The molecule has 0 saturated heterocycles. The van der Waals surface area contributed by atoms with Crippen molar-refractivity contribution in [2.24, 2.45) is 4.99 Å². The number of rotatable bonds is 5. The van der Waals surface area contributed by atoms with Crippen LogP contribution in [0.15, 0.2) is 87.9 Å². The van der Waals surface area contributed by atoms with Crippen molar-refractivity contribution in [3.05, 3.63) is 109 Å². The molecule has 3 heterocycles. The number of carbonyl (C=O) groups excluding carboxylic acids is 1. The highest BCUT2D eigenvalue weighted by Crippen LogP contribution is 2.40. The van der Waals surface area contributed by atoms with Gasteiger partial charge in [-0.2, -0.15) is 0 Å². The minimum atomic E-state index is -0.767. The molecule has 5 aromatic rings. The number of para-hydroxylation sites is 1. The second-order valence-corrected chi connectivity index (χ2v) is 10.0. The smallest absolute Gasteiger partial charge is 0.338 e. The number of hydrogen-bond donors (Lipinski definition) is 1. The molecule has 0 bridgehead atoms. The summed E-state index contributed by atoms with van der Waals surface area (Å²) in [6.45, 7) is 3.76. The fraction of sp³-hybridized carbons (Fsp3) is 0.167. The molecule has 190 valence electrons. The molecule has 38 heavy (non-hydrogen) atoms. The van der Waals surface area contributed by atoms with Crippen LogP contribution in [0.1, 0.15) is 31.0 Å². The zero-order chi connectivity index (χ0) is 26.4. The number of fused-ring (bicyclic) bond motifs is 3. The Kier molecular flexibility index (Phi) is 5.96. The first-order valence-corrected chi connectivity index (χ1v) is 13.1. The molecule has 0 amide bonds. The van der Waals surface area contributed by atoms with E-state index in [0.29, 0.717) is 26.4 Å². The van der Waals surface area contributed by atoms with Crippen LogP contribution in [0.3, 0.4) is 0 Å². The molecule has 6 rings (SSSR count). The van der Waals surface area contributed by atoms with Crippen LogP contribution in [0.4, 0.5) is 0 Å². The van der Waals surface area contributed by atoms with Gasteiger partial charge in [-0.05, 0) is 42.8 Å². The Balaban J connectivity index is 1.67. The van der Waals surface area contributed by atoms with Crippen molar-refractivity contribution in [3.63, 3.8) is 0 Å². The van der Waals surface area contributed by atoms with E-state index in [2.05, 4.69) is 4.98 Å². The van der Waals surface area contributed by atoms with Crippen LogP contribution in [0.5, 0.6) is 5.75 Å². The number of H-pyrrole nitrogens is 1. The molecule has 2 aromatic heterocycles. The van der Waals surface area contributed by atoms with E-state index < -0.39 is 12.0 Å². The summed E-state index contributed by atoms with van der Waals surface area (Å²) in [4.78, 5) is 35.9. The predicted molar refractivity (Wildman–Crippen MR) is 149 cm³/mol. The van der Waals surface area contributed by atoms with Crippen molar-refractivity contribution in [2.75, 3.05) is 13.7 Å². The van der Waals surface area contributed by atoms with Gasteiger partial charge in [0.15, 0.2) is 4.80 Å². The molecule has 3 aromatic carbocycles. The number of thiazole rings is 1. The summed E-state index contributed by atoms with van der Waals surface area (Å²) in [5.74, 6) is 0.0797. The van der Waals surface area contributed by atoms with Gasteiger partial charge in [0, 0.05) is 28.2 Å². The molecule has 0 saturated carbocycles. The standard InChI is InChI=1S/C30H25N3O4S/c1-4-37-29(35)25-17(2)32-30-33(27(25)26-21-11-6-5-9-18(21)13-14-23(26)36-3)28(34)24(38-30)15-19-16-31-22-12-8-7-10-20(19)22/h5-16,27,31H,4H2,1-3H3/b24-15+/t27-/m1/s1.